The summed E-state index contributed by atoms with van der Waals surface area (Å²) in [4.78, 5) is 12.0. The number of aromatic nitrogens is 2. The summed E-state index contributed by atoms with van der Waals surface area (Å²) in [6.07, 6.45) is 1.56. The number of hydrogen-bond acceptors (Lipinski definition) is 7. The van der Waals surface area contributed by atoms with Crippen molar-refractivity contribution in [3.63, 3.8) is 0 Å². The number of carbonyl (C=O) groups excluding carboxylic acids is 1. The lowest BCUT2D eigenvalue weighted by atomic mass is 9.80. The number of carbonyl (C=O) groups is 1. The van der Waals surface area contributed by atoms with Crippen molar-refractivity contribution in [2.45, 2.75) is 25.9 Å². The number of fused-ring (bicyclic) bond motifs is 1. The highest BCUT2D eigenvalue weighted by atomic mass is 16.5. The number of furan rings is 1. The Kier molecular flexibility index (Phi) is 5.11. The molecule has 3 rings (SSSR count). The van der Waals surface area contributed by atoms with Crippen molar-refractivity contribution in [2.24, 2.45) is 5.73 Å². The van der Waals surface area contributed by atoms with E-state index < -0.39 is 11.3 Å². The molecule has 0 saturated heterocycles. The molecule has 0 saturated carbocycles. The van der Waals surface area contributed by atoms with Gasteiger partial charge in [0.1, 0.15) is 29.4 Å². The van der Waals surface area contributed by atoms with E-state index in [0.717, 1.165) is 0 Å². The number of rotatable bonds is 7. The van der Waals surface area contributed by atoms with Crippen LogP contribution in [-0.2, 0) is 12.0 Å². The molecular weight excluding hydrogens is 350 g/mol. The number of benzene rings is 1. The zero-order chi connectivity index (χ0) is 19.6. The summed E-state index contributed by atoms with van der Waals surface area (Å²) in [5.41, 5.74) is 6.17. The van der Waals surface area contributed by atoms with E-state index in [0.29, 0.717) is 33.7 Å². The van der Waals surface area contributed by atoms with E-state index >= 15 is 0 Å². The molecule has 0 radical (unpaired) electrons. The van der Waals surface area contributed by atoms with Crippen LogP contribution < -0.4 is 10.5 Å². The molecule has 8 nitrogen and oxygen atoms in total. The molecular formula is C19H21N3O5. The van der Waals surface area contributed by atoms with Crippen molar-refractivity contribution in [3.8, 4) is 5.75 Å². The van der Waals surface area contributed by atoms with Crippen LogP contribution in [0.15, 0.2) is 34.9 Å². The van der Waals surface area contributed by atoms with Gasteiger partial charge < -0.3 is 25.1 Å². The molecule has 3 aromatic rings. The van der Waals surface area contributed by atoms with Crippen LogP contribution in [-0.4, -0.2) is 39.5 Å². The van der Waals surface area contributed by atoms with Gasteiger partial charge in [0.2, 0.25) is 0 Å². The van der Waals surface area contributed by atoms with E-state index in [1.54, 1.807) is 44.3 Å². The van der Waals surface area contributed by atoms with Crippen LogP contribution in [0.1, 0.15) is 34.3 Å². The summed E-state index contributed by atoms with van der Waals surface area (Å²) in [5, 5.41) is 28.1. The van der Waals surface area contributed by atoms with E-state index in [1.807, 2.05) is 0 Å². The second-order valence-corrected chi connectivity index (χ2v) is 6.59. The molecule has 0 bridgehead atoms. The number of aliphatic hydroxyl groups is 2. The predicted octanol–water partition coefficient (Wildman–Crippen LogP) is 1.45. The average Bonchev–Trinajstić information content (AvgIpc) is 3.02. The minimum Gasteiger partial charge on any atom is -0.487 e. The summed E-state index contributed by atoms with van der Waals surface area (Å²) in [5.74, 6) is 0.0990. The number of aliphatic hydroxyl groups excluding tert-OH is 2. The van der Waals surface area contributed by atoms with Crippen molar-refractivity contribution in [2.75, 3.05) is 13.2 Å². The van der Waals surface area contributed by atoms with Gasteiger partial charge in [-0.2, -0.15) is 10.2 Å². The van der Waals surface area contributed by atoms with Crippen molar-refractivity contribution in [1.82, 2.24) is 10.2 Å². The largest absolute Gasteiger partial charge is 0.487 e. The topological polar surface area (TPSA) is 132 Å². The monoisotopic (exact) mass is 371 g/mol. The SMILES string of the molecule is Cc1oc2ccc(OCc3cccnn3)c(C(C)(CO)CO)c2c1C(N)=O. The molecule has 0 spiro atoms. The molecule has 142 valence electrons. The van der Waals surface area contributed by atoms with Gasteiger partial charge in [-0.1, -0.05) is 6.92 Å². The molecule has 8 heteroatoms. The third-order valence-corrected chi connectivity index (χ3v) is 4.54. The number of nitrogens with zero attached hydrogens (tertiary/aromatic N) is 2. The maximum Gasteiger partial charge on any atom is 0.252 e. The number of nitrogens with two attached hydrogens (primary N) is 1. The van der Waals surface area contributed by atoms with E-state index in [4.69, 9.17) is 14.9 Å². The molecule has 27 heavy (non-hydrogen) atoms. The normalized spacial score (nSPS) is 11.7. The van der Waals surface area contributed by atoms with E-state index in [-0.39, 0.29) is 25.4 Å². The highest BCUT2D eigenvalue weighted by Gasteiger charge is 2.34. The molecule has 2 heterocycles. The fourth-order valence-corrected chi connectivity index (χ4v) is 3.08. The summed E-state index contributed by atoms with van der Waals surface area (Å²) in [6, 6.07) is 6.84. The molecule has 4 N–H and O–H groups in total. The Morgan fingerprint density at radius 1 is 1.30 bits per heavy atom. The number of primary amides is 1. The first-order valence-electron chi connectivity index (χ1n) is 8.38. The first-order chi connectivity index (χ1) is 12.9. The molecule has 1 amide bonds. The zero-order valence-electron chi connectivity index (χ0n) is 15.1. The van der Waals surface area contributed by atoms with E-state index in [1.165, 1.54) is 0 Å². The maximum atomic E-state index is 12.0. The van der Waals surface area contributed by atoms with Gasteiger partial charge in [-0.05, 0) is 31.2 Å². The Morgan fingerprint density at radius 3 is 2.63 bits per heavy atom. The van der Waals surface area contributed by atoms with Crippen molar-refractivity contribution >= 4 is 16.9 Å². The smallest absolute Gasteiger partial charge is 0.252 e. The molecule has 0 aliphatic carbocycles. The lowest BCUT2D eigenvalue weighted by Crippen LogP contribution is -2.32. The van der Waals surface area contributed by atoms with Crippen molar-refractivity contribution < 1.29 is 24.2 Å². The van der Waals surface area contributed by atoms with Crippen molar-refractivity contribution in [3.05, 3.63) is 53.0 Å². The fraction of sp³-hybridized carbons (Fsp3) is 0.316. The minimum absolute atomic E-state index is 0.127. The highest BCUT2D eigenvalue weighted by molar-refractivity contribution is 6.08. The van der Waals surface area contributed by atoms with Crippen LogP contribution in [0, 0.1) is 6.92 Å². The number of amides is 1. The molecule has 2 aromatic heterocycles. The van der Waals surface area contributed by atoms with Gasteiger partial charge in [-0.3, -0.25) is 4.79 Å². The zero-order valence-corrected chi connectivity index (χ0v) is 15.1. The second-order valence-electron chi connectivity index (χ2n) is 6.59. The van der Waals surface area contributed by atoms with Gasteiger partial charge in [0.15, 0.2) is 0 Å². The lowest BCUT2D eigenvalue weighted by molar-refractivity contribution is 0.0999. The van der Waals surface area contributed by atoms with Gasteiger partial charge in [-0.15, -0.1) is 0 Å². The van der Waals surface area contributed by atoms with Crippen LogP contribution >= 0.6 is 0 Å². The second kappa shape index (κ2) is 7.34. The van der Waals surface area contributed by atoms with Gasteiger partial charge in [-0.25, -0.2) is 0 Å². The van der Waals surface area contributed by atoms with Gasteiger partial charge in [0.05, 0.1) is 18.8 Å². The predicted molar refractivity (Wildman–Crippen MR) is 97.4 cm³/mol. The standard InChI is InChI=1S/C19H21N3O5/c1-11-15(18(20)25)16-13(27-11)5-6-14(17(16)19(2,9-23)10-24)26-8-12-4-3-7-21-22-12/h3-7,23-24H,8-10H2,1-2H3,(H2,20,25). The first-order valence-corrected chi connectivity index (χ1v) is 8.38. The van der Waals surface area contributed by atoms with Crippen LogP contribution in [0.3, 0.4) is 0 Å². The van der Waals surface area contributed by atoms with Gasteiger partial charge >= 0.3 is 0 Å². The van der Waals surface area contributed by atoms with Crippen LogP contribution in [0.25, 0.3) is 11.0 Å². The van der Waals surface area contributed by atoms with Gasteiger partial charge in [0, 0.05) is 22.6 Å². The van der Waals surface area contributed by atoms with E-state index in [2.05, 4.69) is 10.2 Å². The third-order valence-electron chi connectivity index (χ3n) is 4.54. The lowest BCUT2D eigenvalue weighted by Gasteiger charge is -2.28. The first kappa shape index (κ1) is 18.8. The Hall–Kier alpha value is -2.97. The Balaban J connectivity index is 2.20. The maximum absolute atomic E-state index is 12.0. The highest BCUT2D eigenvalue weighted by Crippen LogP contribution is 2.41. The summed E-state index contributed by atoms with van der Waals surface area (Å²) in [7, 11) is 0. The molecule has 0 atom stereocenters. The number of hydrogen-bond donors (Lipinski definition) is 3. The quantitative estimate of drug-likeness (QED) is 0.573. The Bertz CT molecular complexity index is 964. The van der Waals surface area contributed by atoms with E-state index in [9.17, 15) is 15.0 Å². The summed E-state index contributed by atoms with van der Waals surface area (Å²) in [6.45, 7) is 2.70. The number of ether oxygens (including phenoxy) is 1. The third kappa shape index (κ3) is 3.36. The van der Waals surface area contributed by atoms with Crippen LogP contribution in [0.5, 0.6) is 5.75 Å². The summed E-state index contributed by atoms with van der Waals surface area (Å²) >= 11 is 0. The van der Waals surface area contributed by atoms with Crippen molar-refractivity contribution in [1.29, 1.82) is 0 Å². The summed E-state index contributed by atoms with van der Waals surface area (Å²) < 4.78 is 11.6. The Morgan fingerprint density at radius 2 is 2.04 bits per heavy atom. The van der Waals surface area contributed by atoms with Crippen LogP contribution in [0.2, 0.25) is 0 Å². The Labute approximate surface area is 155 Å². The molecule has 0 aliphatic rings. The molecule has 1 aromatic carbocycles. The molecule has 0 fully saturated rings. The average molecular weight is 371 g/mol. The molecule has 0 unspecified atom stereocenters. The van der Waals surface area contributed by atoms with Crippen LogP contribution in [0.4, 0.5) is 0 Å². The minimum atomic E-state index is -1.09. The molecule has 0 aliphatic heterocycles. The number of aryl methyl sites for hydroxylation is 1. The fourth-order valence-electron chi connectivity index (χ4n) is 3.08. The van der Waals surface area contributed by atoms with Gasteiger partial charge in [0.25, 0.3) is 5.91 Å².